The van der Waals surface area contributed by atoms with Crippen molar-refractivity contribution in [3.05, 3.63) is 65.6 Å². The number of rotatable bonds is 7. The van der Waals surface area contributed by atoms with Gasteiger partial charge in [-0.15, -0.1) is 11.3 Å². The molecule has 1 N–H and O–H groups in total. The predicted molar refractivity (Wildman–Crippen MR) is 128 cm³/mol. The Morgan fingerprint density at radius 3 is 2.76 bits per heavy atom. The first kappa shape index (κ1) is 21.7. The third-order valence-corrected chi connectivity index (χ3v) is 7.05. The van der Waals surface area contributed by atoms with E-state index in [1.54, 1.807) is 12.1 Å². The zero-order valence-electron chi connectivity index (χ0n) is 17.5. The summed E-state index contributed by atoms with van der Waals surface area (Å²) in [6, 6.07) is 12.2. The average Bonchev–Trinajstić information content (AvgIpc) is 3.28. The second-order valence-corrected chi connectivity index (χ2v) is 9.20. The van der Waals surface area contributed by atoms with Gasteiger partial charge in [-0.2, -0.15) is 0 Å². The van der Waals surface area contributed by atoms with Crippen LogP contribution in [0, 0.1) is 5.82 Å². The summed E-state index contributed by atoms with van der Waals surface area (Å²) < 4.78 is 24.5. The number of fused-ring (bicyclic) bond motifs is 2. The predicted octanol–water partition coefficient (Wildman–Crippen LogP) is 4.72. The van der Waals surface area contributed by atoms with E-state index in [2.05, 4.69) is 15.3 Å². The van der Waals surface area contributed by atoms with Crippen LogP contribution in [0.25, 0.3) is 21.3 Å². The molecule has 168 valence electrons. The number of ether oxygens (including phenoxy) is 2. The van der Waals surface area contributed by atoms with Gasteiger partial charge in [0.05, 0.1) is 11.1 Å². The van der Waals surface area contributed by atoms with Crippen molar-refractivity contribution in [3.8, 4) is 22.6 Å². The summed E-state index contributed by atoms with van der Waals surface area (Å²) in [6.45, 7) is 1.64. The van der Waals surface area contributed by atoms with E-state index >= 15 is 0 Å². The van der Waals surface area contributed by atoms with E-state index in [9.17, 15) is 9.18 Å². The van der Waals surface area contributed by atoms with Crippen LogP contribution in [-0.4, -0.2) is 41.4 Å². The molecule has 9 heteroatoms. The second kappa shape index (κ2) is 9.76. The molecule has 0 aliphatic carbocycles. The van der Waals surface area contributed by atoms with Gasteiger partial charge >= 0.3 is 0 Å². The lowest BCUT2D eigenvalue weighted by molar-refractivity contribution is -0.118. The van der Waals surface area contributed by atoms with Crippen LogP contribution in [-0.2, 0) is 11.2 Å². The van der Waals surface area contributed by atoms with E-state index in [1.165, 1.54) is 41.6 Å². The van der Waals surface area contributed by atoms with Gasteiger partial charge in [-0.1, -0.05) is 30.0 Å². The lowest BCUT2D eigenvalue weighted by Crippen LogP contribution is -2.27. The lowest BCUT2D eigenvalue weighted by Gasteiger charge is -2.18. The first-order chi connectivity index (χ1) is 16.2. The van der Waals surface area contributed by atoms with Crippen LogP contribution in [0.5, 0.6) is 11.5 Å². The summed E-state index contributed by atoms with van der Waals surface area (Å²) in [7, 11) is 0. The first-order valence-electron chi connectivity index (χ1n) is 10.4. The summed E-state index contributed by atoms with van der Waals surface area (Å²) in [5.74, 6) is 1.41. The number of thioether (sulfide) groups is 1. The highest BCUT2D eigenvalue weighted by Gasteiger charge is 2.15. The molecule has 0 spiro atoms. The van der Waals surface area contributed by atoms with E-state index in [0.29, 0.717) is 26.2 Å². The van der Waals surface area contributed by atoms with Crippen LogP contribution in [0.4, 0.5) is 4.39 Å². The molecule has 0 fully saturated rings. The number of halogens is 1. The average molecular weight is 482 g/mol. The fourth-order valence-electron chi connectivity index (χ4n) is 3.57. The Hall–Kier alpha value is -3.17. The molecule has 1 aliphatic heterocycles. The molecule has 2 aromatic heterocycles. The molecule has 0 atom stereocenters. The quantitative estimate of drug-likeness (QED) is 0.304. The maximum atomic E-state index is 13.3. The van der Waals surface area contributed by atoms with Gasteiger partial charge in [-0.3, -0.25) is 4.79 Å². The zero-order chi connectivity index (χ0) is 22.6. The molecule has 0 radical (unpaired) electrons. The van der Waals surface area contributed by atoms with Gasteiger partial charge in [0.1, 0.15) is 35.2 Å². The largest absolute Gasteiger partial charge is 0.486 e. The number of carbonyl (C=O) groups excluding carboxylic acids is 1. The highest BCUT2D eigenvalue weighted by molar-refractivity contribution is 8.00. The Bertz CT molecular complexity index is 1290. The number of nitrogens with zero attached hydrogens (tertiary/aromatic N) is 2. The third kappa shape index (κ3) is 4.94. The number of nitrogens with one attached hydrogen (secondary N) is 1. The smallest absolute Gasteiger partial charge is 0.230 e. The summed E-state index contributed by atoms with van der Waals surface area (Å²) in [4.78, 5) is 22.0. The molecule has 1 amide bonds. The number of hydrogen-bond donors (Lipinski definition) is 1. The highest BCUT2D eigenvalue weighted by atomic mass is 32.2. The fraction of sp³-hybridized carbons (Fsp3) is 0.208. The minimum Gasteiger partial charge on any atom is -0.486 e. The first-order valence-corrected chi connectivity index (χ1v) is 12.3. The number of carbonyl (C=O) groups is 1. The topological polar surface area (TPSA) is 73.3 Å². The Morgan fingerprint density at radius 2 is 1.91 bits per heavy atom. The Kier molecular flexibility index (Phi) is 6.41. The normalized spacial score (nSPS) is 12.6. The standard InChI is InChI=1S/C24H20FN3O3S2/c25-17-4-2-16(3-5-17)18-12-32-23-22(18)24(28-14-27-23)33-13-21(29)26-8-7-15-1-6-19-20(11-15)31-10-9-30-19/h1-6,11-12,14H,7-10,13H2,(H,26,29). The van der Waals surface area contributed by atoms with Gasteiger partial charge in [0.15, 0.2) is 11.5 Å². The number of hydrogen-bond acceptors (Lipinski definition) is 7. The molecule has 0 bridgehead atoms. The number of benzene rings is 2. The molecule has 5 rings (SSSR count). The summed E-state index contributed by atoms with van der Waals surface area (Å²) in [5, 5.41) is 6.58. The van der Waals surface area contributed by atoms with Crippen molar-refractivity contribution in [2.75, 3.05) is 25.5 Å². The van der Waals surface area contributed by atoms with Crippen molar-refractivity contribution < 1.29 is 18.7 Å². The van der Waals surface area contributed by atoms with Crippen molar-refractivity contribution in [1.82, 2.24) is 15.3 Å². The van der Waals surface area contributed by atoms with Crippen LogP contribution in [0.15, 0.2) is 59.2 Å². The molecule has 0 unspecified atom stereocenters. The molecule has 33 heavy (non-hydrogen) atoms. The Labute approximate surface area is 198 Å². The number of aromatic nitrogens is 2. The molecule has 4 aromatic rings. The van der Waals surface area contributed by atoms with Gasteiger partial charge in [-0.05, 0) is 41.8 Å². The van der Waals surface area contributed by atoms with Crippen LogP contribution in [0.3, 0.4) is 0 Å². The molecule has 0 saturated heterocycles. The summed E-state index contributed by atoms with van der Waals surface area (Å²) >= 11 is 2.88. The van der Waals surface area contributed by atoms with Crippen LogP contribution in [0.2, 0.25) is 0 Å². The zero-order valence-corrected chi connectivity index (χ0v) is 19.2. The fourth-order valence-corrected chi connectivity index (χ4v) is 5.40. The summed E-state index contributed by atoms with van der Waals surface area (Å²) in [5.41, 5.74) is 2.91. The van der Waals surface area contributed by atoms with Gasteiger partial charge in [0.25, 0.3) is 0 Å². The molecular formula is C24H20FN3O3S2. The number of thiophene rings is 1. The maximum Gasteiger partial charge on any atom is 0.230 e. The van der Waals surface area contributed by atoms with E-state index in [4.69, 9.17) is 9.47 Å². The van der Waals surface area contributed by atoms with Crippen molar-refractivity contribution in [2.24, 2.45) is 0 Å². The van der Waals surface area contributed by atoms with Crippen molar-refractivity contribution in [2.45, 2.75) is 11.4 Å². The van der Waals surface area contributed by atoms with Crippen molar-refractivity contribution in [1.29, 1.82) is 0 Å². The van der Waals surface area contributed by atoms with E-state index in [-0.39, 0.29) is 17.5 Å². The third-order valence-electron chi connectivity index (χ3n) is 5.17. The molecule has 6 nitrogen and oxygen atoms in total. The Morgan fingerprint density at radius 1 is 1.09 bits per heavy atom. The van der Waals surface area contributed by atoms with Crippen LogP contribution >= 0.6 is 23.1 Å². The summed E-state index contributed by atoms with van der Waals surface area (Å²) in [6.07, 6.45) is 2.21. The molecule has 3 heterocycles. The van der Waals surface area contributed by atoms with Gasteiger partial charge in [0, 0.05) is 17.5 Å². The molecule has 1 aliphatic rings. The molecular weight excluding hydrogens is 461 g/mol. The van der Waals surface area contributed by atoms with Gasteiger partial charge in [0.2, 0.25) is 5.91 Å². The van der Waals surface area contributed by atoms with E-state index in [0.717, 1.165) is 43.4 Å². The lowest BCUT2D eigenvalue weighted by atomic mass is 10.1. The van der Waals surface area contributed by atoms with Gasteiger partial charge < -0.3 is 14.8 Å². The van der Waals surface area contributed by atoms with E-state index in [1.807, 2.05) is 23.6 Å². The van der Waals surface area contributed by atoms with E-state index < -0.39 is 0 Å². The van der Waals surface area contributed by atoms with Crippen LogP contribution in [0.1, 0.15) is 5.56 Å². The SMILES string of the molecule is O=C(CSc1ncnc2scc(-c3ccc(F)cc3)c12)NCCc1ccc2c(c1)OCCO2. The molecule has 0 saturated carbocycles. The molecule has 2 aromatic carbocycles. The number of amides is 1. The Balaban J connectivity index is 1.20. The maximum absolute atomic E-state index is 13.3. The van der Waals surface area contributed by atoms with Crippen molar-refractivity contribution >= 4 is 39.2 Å². The van der Waals surface area contributed by atoms with Crippen LogP contribution < -0.4 is 14.8 Å². The highest BCUT2D eigenvalue weighted by Crippen LogP contribution is 2.37. The van der Waals surface area contributed by atoms with Gasteiger partial charge in [-0.25, -0.2) is 14.4 Å². The second-order valence-electron chi connectivity index (χ2n) is 7.38. The van der Waals surface area contributed by atoms with Crippen molar-refractivity contribution in [3.63, 3.8) is 0 Å². The monoisotopic (exact) mass is 481 g/mol. The minimum atomic E-state index is -0.281. The minimum absolute atomic E-state index is 0.0668.